The van der Waals surface area contributed by atoms with Gasteiger partial charge in [0.2, 0.25) is 0 Å². The van der Waals surface area contributed by atoms with E-state index in [0.29, 0.717) is 18.8 Å². The Morgan fingerprint density at radius 1 is 1.46 bits per heavy atom. The molecule has 2 heteroatoms. The lowest BCUT2D eigenvalue weighted by Crippen LogP contribution is -2.18. The second kappa shape index (κ2) is 3.81. The van der Waals surface area contributed by atoms with Crippen molar-refractivity contribution in [3.05, 3.63) is 12.2 Å². The van der Waals surface area contributed by atoms with Crippen molar-refractivity contribution in [2.45, 2.75) is 38.4 Å². The summed E-state index contributed by atoms with van der Waals surface area (Å²) < 4.78 is 11.0. The lowest BCUT2D eigenvalue weighted by molar-refractivity contribution is 0.105. The fourth-order valence-electron chi connectivity index (χ4n) is 2.04. The lowest BCUT2D eigenvalue weighted by atomic mass is 9.90. The average Bonchev–Trinajstić information content (AvgIpc) is 2.81. The summed E-state index contributed by atoms with van der Waals surface area (Å²) in [5, 5.41) is 0. The summed E-state index contributed by atoms with van der Waals surface area (Å²) in [5.74, 6) is 0.725. The molecule has 2 nitrogen and oxygen atoms in total. The molecule has 0 N–H and O–H groups in total. The normalized spacial score (nSPS) is 36.8. The third-order valence-corrected chi connectivity index (χ3v) is 2.81. The van der Waals surface area contributed by atoms with Crippen molar-refractivity contribution in [1.29, 1.82) is 0 Å². The smallest absolute Gasteiger partial charge is 0.0845 e. The Morgan fingerprint density at radius 2 is 2.31 bits per heavy atom. The van der Waals surface area contributed by atoms with Gasteiger partial charge in [-0.2, -0.15) is 0 Å². The molecule has 1 saturated carbocycles. The van der Waals surface area contributed by atoms with Crippen LogP contribution in [0.2, 0.25) is 0 Å². The van der Waals surface area contributed by atoms with Gasteiger partial charge in [0.1, 0.15) is 0 Å². The van der Waals surface area contributed by atoms with E-state index in [0.717, 1.165) is 18.1 Å². The van der Waals surface area contributed by atoms with Crippen molar-refractivity contribution in [2.75, 3.05) is 13.2 Å². The Morgan fingerprint density at radius 3 is 3.00 bits per heavy atom. The zero-order chi connectivity index (χ0) is 9.26. The third-order valence-electron chi connectivity index (χ3n) is 2.81. The molecule has 1 aliphatic heterocycles. The molecule has 2 rings (SSSR count). The van der Waals surface area contributed by atoms with E-state index >= 15 is 0 Å². The zero-order valence-electron chi connectivity index (χ0n) is 8.29. The molecule has 2 aliphatic rings. The summed E-state index contributed by atoms with van der Waals surface area (Å²) in [6, 6.07) is 0. The largest absolute Gasteiger partial charge is 0.377 e. The van der Waals surface area contributed by atoms with Crippen LogP contribution in [0.3, 0.4) is 0 Å². The van der Waals surface area contributed by atoms with E-state index in [4.69, 9.17) is 9.47 Å². The highest BCUT2D eigenvalue weighted by molar-refractivity contribution is 4.92. The van der Waals surface area contributed by atoms with Crippen molar-refractivity contribution < 1.29 is 9.47 Å². The van der Waals surface area contributed by atoms with Crippen LogP contribution in [0.4, 0.5) is 0 Å². The maximum absolute atomic E-state index is 5.55. The number of ether oxygens (including phenoxy) is 2. The van der Waals surface area contributed by atoms with Gasteiger partial charge in [-0.05, 0) is 32.1 Å². The van der Waals surface area contributed by atoms with Gasteiger partial charge in [0, 0.05) is 6.61 Å². The zero-order valence-corrected chi connectivity index (χ0v) is 8.29. The minimum absolute atomic E-state index is 0.576. The molecule has 74 valence electrons. The summed E-state index contributed by atoms with van der Waals surface area (Å²) in [4.78, 5) is 0. The van der Waals surface area contributed by atoms with E-state index < -0.39 is 0 Å². The van der Waals surface area contributed by atoms with Crippen LogP contribution in [-0.4, -0.2) is 25.4 Å². The van der Waals surface area contributed by atoms with E-state index in [9.17, 15) is 0 Å². The topological polar surface area (TPSA) is 21.8 Å². The molecule has 3 unspecified atom stereocenters. The Hall–Kier alpha value is -0.340. The van der Waals surface area contributed by atoms with E-state index in [1.807, 2.05) is 6.92 Å². The van der Waals surface area contributed by atoms with Crippen LogP contribution in [0.1, 0.15) is 26.2 Å². The third kappa shape index (κ3) is 2.55. The van der Waals surface area contributed by atoms with Crippen LogP contribution in [0.5, 0.6) is 0 Å². The van der Waals surface area contributed by atoms with E-state index in [-0.39, 0.29) is 0 Å². The van der Waals surface area contributed by atoms with Gasteiger partial charge in [0.25, 0.3) is 0 Å². The fourth-order valence-corrected chi connectivity index (χ4v) is 2.04. The first-order valence-corrected chi connectivity index (χ1v) is 5.13. The van der Waals surface area contributed by atoms with E-state index in [2.05, 4.69) is 6.58 Å². The summed E-state index contributed by atoms with van der Waals surface area (Å²) in [6.07, 6.45) is 4.91. The highest BCUT2D eigenvalue weighted by atomic mass is 16.6. The molecule has 0 aromatic rings. The molecule has 13 heavy (non-hydrogen) atoms. The molecule has 1 aliphatic carbocycles. The van der Waals surface area contributed by atoms with Gasteiger partial charge in [-0.25, -0.2) is 0 Å². The van der Waals surface area contributed by atoms with Gasteiger partial charge < -0.3 is 9.47 Å². The summed E-state index contributed by atoms with van der Waals surface area (Å²) >= 11 is 0. The number of fused-ring (bicyclic) bond motifs is 1. The molecule has 0 bridgehead atoms. The van der Waals surface area contributed by atoms with E-state index in [1.54, 1.807) is 0 Å². The highest BCUT2D eigenvalue weighted by Crippen LogP contribution is 2.39. The average molecular weight is 182 g/mol. The number of epoxide rings is 1. The number of rotatable bonds is 4. The lowest BCUT2D eigenvalue weighted by Gasteiger charge is -2.18. The molecule has 0 aromatic carbocycles. The van der Waals surface area contributed by atoms with Crippen molar-refractivity contribution in [1.82, 2.24) is 0 Å². The van der Waals surface area contributed by atoms with Crippen LogP contribution in [-0.2, 0) is 9.47 Å². The Kier molecular flexibility index (Phi) is 2.70. The number of hydrogen-bond donors (Lipinski definition) is 0. The quantitative estimate of drug-likeness (QED) is 0.491. The van der Waals surface area contributed by atoms with Gasteiger partial charge >= 0.3 is 0 Å². The van der Waals surface area contributed by atoms with Crippen LogP contribution in [0, 0.1) is 5.92 Å². The molecule has 2 fully saturated rings. The molecular weight excluding hydrogens is 164 g/mol. The van der Waals surface area contributed by atoms with E-state index in [1.165, 1.54) is 19.3 Å². The second-order valence-electron chi connectivity index (χ2n) is 4.36. The molecule has 0 aromatic heterocycles. The standard InChI is InChI=1S/C11H18O2/c1-8(2)6-12-7-9-3-4-10-11(5-9)13-10/h9-11H,1,3-7H2,2H3. The van der Waals surface area contributed by atoms with Crippen molar-refractivity contribution in [3.8, 4) is 0 Å². The van der Waals surface area contributed by atoms with Gasteiger partial charge in [0.05, 0.1) is 18.8 Å². The van der Waals surface area contributed by atoms with Gasteiger partial charge in [-0.3, -0.25) is 0 Å². The molecule has 1 saturated heterocycles. The molecular formula is C11H18O2. The predicted molar refractivity (Wildman–Crippen MR) is 51.6 cm³/mol. The Bertz CT molecular complexity index is 200. The SMILES string of the molecule is C=C(C)COCC1CCC2OC2C1. The fraction of sp³-hybridized carbons (Fsp3) is 0.818. The van der Waals surface area contributed by atoms with Gasteiger partial charge in [-0.15, -0.1) is 0 Å². The molecule has 1 heterocycles. The maximum atomic E-state index is 5.55. The molecule has 0 amide bonds. The minimum atomic E-state index is 0.576. The monoisotopic (exact) mass is 182 g/mol. The van der Waals surface area contributed by atoms with Crippen molar-refractivity contribution in [2.24, 2.45) is 5.92 Å². The first kappa shape index (κ1) is 9.22. The van der Waals surface area contributed by atoms with Crippen LogP contribution < -0.4 is 0 Å². The molecule has 0 radical (unpaired) electrons. The van der Waals surface area contributed by atoms with Crippen molar-refractivity contribution >= 4 is 0 Å². The first-order chi connectivity index (χ1) is 6.25. The second-order valence-corrected chi connectivity index (χ2v) is 4.36. The van der Waals surface area contributed by atoms with Crippen LogP contribution in [0.25, 0.3) is 0 Å². The highest BCUT2D eigenvalue weighted by Gasteiger charge is 2.43. The minimum Gasteiger partial charge on any atom is -0.377 e. The van der Waals surface area contributed by atoms with Gasteiger partial charge in [-0.1, -0.05) is 12.2 Å². The van der Waals surface area contributed by atoms with Gasteiger partial charge in [0.15, 0.2) is 0 Å². The maximum Gasteiger partial charge on any atom is 0.0845 e. The van der Waals surface area contributed by atoms with Crippen LogP contribution >= 0.6 is 0 Å². The molecule has 3 atom stereocenters. The Balaban J connectivity index is 1.61. The predicted octanol–water partition coefficient (Wildman–Crippen LogP) is 2.15. The number of hydrogen-bond acceptors (Lipinski definition) is 2. The Labute approximate surface area is 79.9 Å². The van der Waals surface area contributed by atoms with Crippen molar-refractivity contribution in [3.63, 3.8) is 0 Å². The molecule has 0 spiro atoms. The summed E-state index contributed by atoms with van der Waals surface area (Å²) in [6.45, 7) is 7.41. The first-order valence-electron chi connectivity index (χ1n) is 5.13. The summed E-state index contributed by atoms with van der Waals surface area (Å²) in [7, 11) is 0. The van der Waals surface area contributed by atoms with Crippen LogP contribution in [0.15, 0.2) is 12.2 Å². The summed E-state index contributed by atoms with van der Waals surface area (Å²) in [5.41, 5.74) is 1.11.